The highest BCUT2D eigenvalue weighted by Gasteiger charge is 2.54. The maximum absolute atomic E-state index is 12.3. The monoisotopic (exact) mass is 179 g/mol. The van der Waals surface area contributed by atoms with E-state index in [0.29, 0.717) is 0 Å². The zero-order valence-electron chi connectivity index (χ0n) is 6.35. The molecule has 2 nitrogen and oxygen atoms in total. The summed E-state index contributed by atoms with van der Waals surface area (Å²) in [6.45, 7) is 0. The van der Waals surface area contributed by atoms with Crippen LogP contribution >= 0.6 is 0 Å². The lowest BCUT2D eigenvalue weighted by Crippen LogP contribution is -2.55. The van der Waals surface area contributed by atoms with E-state index in [0.717, 1.165) is 13.2 Å². The van der Waals surface area contributed by atoms with E-state index in [2.05, 4.69) is 10.1 Å². The Morgan fingerprint density at radius 3 is 2.25 bits per heavy atom. The van der Waals surface area contributed by atoms with Gasteiger partial charge in [0.25, 0.3) is 5.72 Å². The maximum Gasteiger partial charge on any atom is 0.440 e. The average molecular weight is 179 g/mol. The van der Waals surface area contributed by atoms with Gasteiger partial charge in [-0.3, -0.25) is 0 Å². The third-order valence-corrected chi connectivity index (χ3v) is 1.58. The van der Waals surface area contributed by atoms with E-state index >= 15 is 0 Å². The normalized spacial score (nSPS) is 28.7. The fourth-order valence-corrected chi connectivity index (χ4v) is 0.886. The topological polar surface area (TPSA) is 21.3 Å². The number of hydrogen-bond acceptors (Lipinski definition) is 2. The molecule has 5 heteroatoms. The van der Waals surface area contributed by atoms with Crippen LogP contribution in [0.1, 0.15) is 0 Å². The first-order valence-electron chi connectivity index (χ1n) is 3.26. The number of dihydropyridines is 1. The van der Waals surface area contributed by atoms with E-state index in [4.69, 9.17) is 0 Å². The molecule has 1 heterocycles. The molecule has 1 N–H and O–H groups in total. The SMILES string of the molecule is CO[C@]1(C(F)(F)F)C=CC=CN1. The van der Waals surface area contributed by atoms with Crippen LogP contribution in [-0.4, -0.2) is 19.0 Å². The molecule has 68 valence electrons. The first kappa shape index (κ1) is 9.12. The summed E-state index contributed by atoms with van der Waals surface area (Å²) in [7, 11) is 1.00. The number of ether oxygens (including phenoxy) is 1. The molecule has 0 radical (unpaired) electrons. The van der Waals surface area contributed by atoms with E-state index in [9.17, 15) is 13.2 Å². The van der Waals surface area contributed by atoms with Gasteiger partial charge < -0.3 is 10.1 Å². The van der Waals surface area contributed by atoms with E-state index in [1.165, 1.54) is 18.4 Å². The van der Waals surface area contributed by atoms with Crippen LogP contribution < -0.4 is 5.32 Å². The largest absolute Gasteiger partial charge is 0.440 e. The van der Waals surface area contributed by atoms with Crippen molar-refractivity contribution in [2.75, 3.05) is 7.11 Å². The summed E-state index contributed by atoms with van der Waals surface area (Å²) in [6.07, 6.45) is 0.406. The molecule has 1 aliphatic rings. The van der Waals surface area contributed by atoms with Crippen molar-refractivity contribution in [1.29, 1.82) is 0 Å². The van der Waals surface area contributed by atoms with Crippen molar-refractivity contribution in [1.82, 2.24) is 5.32 Å². The minimum absolute atomic E-state index is 0.924. The molecule has 0 saturated carbocycles. The van der Waals surface area contributed by atoms with Gasteiger partial charge in [-0.15, -0.1) is 0 Å². The molecular formula is C7H8F3NO. The van der Waals surface area contributed by atoms with Gasteiger partial charge in [-0.1, -0.05) is 6.08 Å². The molecule has 0 unspecified atom stereocenters. The second-order valence-corrected chi connectivity index (χ2v) is 2.30. The summed E-state index contributed by atoms with van der Waals surface area (Å²) in [5.74, 6) is 0. The lowest BCUT2D eigenvalue weighted by molar-refractivity contribution is -0.257. The van der Waals surface area contributed by atoms with Crippen molar-refractivity contribution in [2.45, 2.75) is 11.9 Å². The molecule has 0 amide bonds. The Labute approximate surface area is 67.7 Å². The molecule has 0 bridgehead atoms. The zero-order valence-corrected chi connectivity index (χ0v) is 6.35. The first-order valence-corrected chi connectivity index (χ1v) is 3.26. The van der Waals surface area contributed by atoms with Gasteiger partial charge in [0.2, 0.25) is 0 Å². The van der Waals surface area contributed by atoms with Crippen molar-refractivity contribution in [2.24, 2.45) is 0 Å². The molecular weight excluding hydrogens is 171 g/mol. The van der Waals surface area contributed by atoms with Crippen LogP contribution in [0.5, 0.6) is 0 Å². The van der Waals surface area contributed by atoms with Gasteiger partial charge in [-0.25, -0.2) is 0 Å². The smallest absolute Gasteiger partial charge is 0.353 e. The van der Waals surface area contributed by atoms with E-state index < -0.39 is 11.9 Å². The lowest BCUT2D eigenvalue weighted by Gasteiger charge is -2.32. The summed E-state index contributed by atoms with van der Waals surface area (Å²) in [5, 5.41) is 2.11. The van der Waals surface area contributed by atoms with Crippen LogP contribution in [0.3, 0.4) is 0 Å². The molecule has 1 atom stereocenters. The van der Waals surface area contributed by atoms with Crippen LogP contribution in [0, 0.1) is 0 Å². The van der Waals surface area contributed by atoms with Crippen molar-refractivity contribution >= 4 is 0 Å². The van der Waals surface area contributed by atoms with E-state index in [-0.39, 0.29) is 0 Å². The Morgan fingerprint density at radius 1 is 1.33 bits per heavy atom. The molecule has 0 spiro atoms. The number of allylic oxidation sites excluding steroid dienone is 2. The fourth-order valence-electron chi connectivity index (χ4n) is 0.886. The zero-order chi connectivity index (χ0) is 9.24. The van der Waals surface area contributed by atoms with Crippen molar-refractivity contribution < 1.29 is 17.9 Å². The van der Waals surface area contributed by atoms with Crippen LogP contribution in [0.15, 0.2) is 24.4 Å². The summed E-state index contributed by atoms with van der Waals surface area (Å²) in [4.78, 5) is 0. The number of alkyl halides is 3. The third-order valence-electron chi connectivity index (χ3n) is 1.58. The number of nitrogens with one attached hydrogen (secondary N) is 1. The summed E-state index contributed by atoms with van der Waals surface area (Å²) in [6, 6.07) is 0. The molecule has 0 aromatic carbocycles. The number of methoxy groups -OCH3 is 1. The standard InChI is InChI=1S/C7H8F3NO/c1-12-6(7(8,9)10)4-2-3-5-11-6/h2-5,11H,1H3/t6-/m0/s1. The summed E-state index contributed by atoms with van der Waals surface area (Å²) < 4.78 is 41.3. The molecule has 12 heavy (non-hydrogen) atoms. The quantitative estimate of drug-likeness (QED) is 0.659. The number of halogens is 3. The second kappa shape index (κ2) is 2.82. The van der Waals surface area contributed by atoms with E-state index in [1.807, 2.05) is 0 Å². The average Bonchev–Trinajstić information content (AvgIpc) is 2.04. The highest BCUT2D eigenvalue weighted by atomic mass is 19.4. The minimum atomic E-state index is -4.46. The first-order chi connectivity index (χ1) is 5.52. The Balaban J connectivity index is 2.91. The molecule has 0 saturated heterocycles. The molecule has 1 aliphatic heterocycles. The molecule has 0 fully saturated rings. The number of rotatable bonds is 1. The minimum Gasteiger partial charge on any atom is -0.353 e. The van der Waals surface area contributed by atoms with Gasteiger partial charge >= 0.3 is 6.18 Å². The van der Waals surface area contributed by atoms with Gasteiger partial charge in [0.15, 0.2) is 0 Å². The maximum atomic E-state index is 12.3. The van der Waals surface area contributed by atoms with Gasteiger partial charge in [0.1, 0.15) is 0 Å². The predicted molar refractivity (Wildman–Crippen MR) is 37.2 cm³/mol. The third kappa shape index (κ3) is 1.32. The predicted octanol–water partition coefficient (Wildman–Crippen LogP) is 1.56. The second-order valence-electron chi connectivity index (χ2n) is 2.30. The summed E-state index contributed by atoms with van der Waals surface area (Å²) >= 11 is 0. The Bertz CT molecular complexity index is 221. The fraction of sp³-hybridized carbons (Fsp3) is 0.429. The van der Waals surface area contributed by atoms with Gasteiger partial charge in [-0.05, 0) is 18.4 Å². The van der Waals surface area contributed by atoms with Gasteiger partial charge in [0.05, 0.1) is 0 Å². The van der Waals surface area contributed by atoms with Crippen LogP contribution in [0.2, 0.25) is 0 Å². The Hall–Kier alpha value is -0.970. The van der Waals surface area contributed by atoms with E-state index in [1.54, 1.807) is 0 Å². The highest BCUT2D eigenvalue weighted by Crippen LogP contribution is 2.33. The van der Waals surface area contributed by atoms with Crippen molar-refractivity contribution in [3.8, 4) is 0 Å². The van der Waals surface area contributed by atoms with Gasteiger partial charge in [0, 0.05) is 7.11 Å². The van der Waals surface area contributed by atoms with Crippen molar-refractivity contribution in [3.05, 3.63) is 24.4 Å². The molecule has 1 rings (SSSR count). The van der Waals surface area contributed by atoms with Crippen LogP contribution in [0.25, 0.3) is 0 Å². The summed E-state index contributed by atoms with van der Waals surface area (Å²) in [5.41, 5.74) is -2.36. The van der Waals surface area contributed by atoms with Gasteiger partial charge in [-0.2, -0.15) is 13.2 Å². The van der Waals surface area contributed by atoms with Crippen molar-refractivity contribution in [3.63, 3.8) is 0 Å². The highest BCUT2D eigenvalue weighted by molar-refractivity contribution is 5.18. The Kier molecular flexibility index (Phi) is 2.14. The van der Waals surface area contributed by atoms with Crippen LogP contribution in [0.4, 0.5) is 13.2 Å². The lowest BCUT2D eigenvalue weighted by atomic mass is 10.1. The van der Waals surface area contributed by atoms with Crippen LogP contribution in [-0.2, 0) is 4.74 Å². The molecule has 0 aromatic heterocycles. The molecule has 0 aliphatic carbocycles. The molecule has 0 aromatic rings. The number of hydrogen-bond donors (Lipinski definition) is 1. The Morgan fingerprint density at radius 2 is 2.00 bits per heavy atom.